The molecule has 1 aliphatic carbocycles. The molecule has 0 N–H and O–H groups in total. The van der Waals surface area contributed by atoms with Gasteiger partial charge >= 0.3 is 5.97 Å². The third kappa shape index (κ3) is 2.57. The lowest BCUT2D eigenvalue weighted by molar-refractivity contribution is -0.164. The van der Waals surface area contributed by atoms with Crippen LogP contribution < -0.4 is 0 Å². The van der Waals surface area contributed by atoms with E-state index in [1.165, 1.54) is 0 Å². The van der Waals surface area contributed by atoms with Crippen molar-refractivity contribution in [1.29, 1.82) is 0 Å². The molecule has 2 atom stereocenters. The van der Waals surface area contributed by atoms with Gasteiger partial charge in [0, 0.05) is 7.11 Å². The van der Waals surface area contributed by atoms with Gasteiger partial charge < -0.3 is 9.47 Å². The molecule has 0 radical (unpaired) electrons. The number of carbonyl (C=O) groups excluding carboxylic acids is 1. The molecule has 2 unspecified atom stereocenters. The fourth-order valence-electron chi connectivity index (χ4n) is 2.94. The normalized spacial score (nSPS) is 29.7. The van der Waals surface area contributed by atoms with Crippen LogP contribution in [0.3, 0.4) is 0 Å². The van der Waals surface area contributed by atoms with Crippen LogP contribution in [0.4, 0.5) is 0 Å². The lowest BCUT2D eigenvalue weighted by Crippen LogP contribution is -2.41. The highest BCUT2D eigenvalue weighted by Gasteiger charge is 2.50. The van der Waals surface area contributed by atoms with Crippen LogP contribution in [0.2, 0.25) is 0 Å². The summed E-state index contributed by atoms with van der Waals surface area (Å²) in [5, 5.41) is 0. The van der Waals surface area contributed by atoms with E-state index in [2.05, 4.69) is 13.8 Å². The zero-order valence-electron chi connectivity index (χ0n) is 10.9. The molecular weight excluding hydrogens is 204 g/mol. The van der Waals surface area contributed by atoms with Gasteiger partial charge in [-0.05, 0) is 38.5 Å². The highest BCUT2D eigenvalue weighted by molar-refractivity contribution is 5.78. The molecule has 3 heteroatoms. The fraction of sp³-hybridized carbons (Fsp3) is 0.923. The van der Waals surface area contributed by atoms with Gasteiger partial charge in [0.25, 0.3) is 0 Å². The maximum Gasteiger partial charge on any atom is 0.314 e. The Hall–Kier alpha value is -0.570. The van der Waals surface area contributed by atoms with Crippen LogP contribution in [0.25, 0.3) is 0 Å². The summed E-state index contributed by atoms with van der Waals surface area (Å²) in [7, 11) is 1.70. The Kier molecular flexibility index (Phi) is 4.78. The number of hydrogen-bond donors (Lipinski definition) is 0. The van der Waals surface area contributed by atoms with Gasteiger partial charge in [0.2, 0.25) is 0 Å². The molecule has 1 saturated carbocycles. The summed E-state index contributed by atoms with van der Waals surface area (Å²) < 4.78 is 10.7. The summed E-state index contributed by atoms with van der Waals surface area (Å²) in [4.78, 5) is 12.2. The van der Waals surface area contributed by atoms with Gasteiger partial charge in [0.1, 0.15) is 0 Å². The van der Waals surface area contributed by atoms with Gasteiger partial charge in [-0.3, -0.25) is 4.79 Å². The lowest BCUT2D eigenvalue weighted by Gasteiger charge is -2.33. The molecule has 0 aromatic carbocycles. The summed E-state index contributed by atoms with van der Waals surface area (Å²) in [6.07, 6.45) is 3.84. The van der Waals surface area contributed by atoms with Crippen molar-refractivity contribution in [2.45, 2.75) is 52.6 Å². The number of esters is 1. The second-order valence-electron chi connectivity index (χ2n) is 5.09. The third-order valence-electron chi connectivity index (χ3n) is 3.44. The fourth-order valence-corrected chi connectivity index (χ4v) is 2.94. The van der Waals surface area contributed by atoms with E-state index >= 15 is 0 Å². The SMILES string of the molecule is CCOC(=O)C1(CC(C)C)CCCC1OC. The third-order valence-corrected chi connectivity index (χ3v) is 3.44. The number of carbonyl (C=O) groups is 1. The van der Waals surface area contributed by atoms with E-state index < -0.39 is 0 Å². The zero-order chi connectivity index (χ0) is 12.2. The molecule has 0 amide bonds. The van der Waals surface area contributed by atoms with Gasteiger partial charge in [-0.1, -0.05) is 13.8 Å². The Bertz CT molecular complexity index is 237. The first-order valence-corrected chi connectivity index (χ1v) is 6.26. The first kappa shape index (κ1) is 13.5. The van der Waals surface area contributed by atoms with Crippen molar-refractivity contribution in [1.82, 2.24) is 0 Å². The molecule has 16 heavy (non-hydrogen) atoms. The molecule has 0 aromatic rings. The predicted molar refractivity (Wildman–Crippen MR) is 63.2 cm³/mol. The monoisotopic (exact) mass is 228 g/mol. The summed E-state index contributed by atoms with van der Waals surface area (Å²) in [5.41, 5.74) is -0.390. The molecule has 0 heterocycles. The molecule has 0 aromatic heterocycles. The summed E-state index contributed by atoms with van der Waals surface area (Å²) in [6.45, 7) is 6.60. The van der Waals surface area contributed by atoms with Gasteiger partial charge in [-0.2, -0.15) is 0 Å². The Morgan fingerprint density at radius 3 is 2.69 bits per heavy atom. The molecule has 94 valence electrons. The maximum absolute atomic E-state index is 12.2. The highest BCUT2D eigenvalue weighted by atomic mass is 16.5. The Balaban J connectivity index is 2.87. The second kappa shape index (κ2) is 5.67. The number of hydrogen-bond acceptors (Lipinski definition) is 3. The Morgan fingerprint density at radius 1 is 1.50 bits per heavy atom. The molecule has 0 bridgehead atoms. The minimum Gasteiger partial charge on any atom is -0.465 e. The van der Waals surface area contributed by atoms with Gasteiger partial charge in [0.05, 0.1) is 18.1 Å². The average Bonchev–Trinajstić information content (AvgIpc) is 2.61. The van der Waals surface area contributed by atoms with Crippen LogP contribution in [-0.4, -0.2) is 25.8 Å². The first-order valence-electron chi connectivity index (χ1n) is 6.26. The van der Waals surface area contributed by atoms with Crippen LogP contribution >= 0.6 is 0 Å². The second-order valence-corrected chi connectivity index (χ2v) is 5.09. The van der Waals surface area contributed by atoms with Crippen LogP contribution in [0.1, 0.15) is 46.5 Å². The van der Waals surface area contributed by atoms with Crippen LogP contribution in [0, 0.1) is 11.3 Å². The number of rotatable bonds is 5. The summed E-state index contributed by atoms with van der Waals surface area (Å²) >= 11 is 0. The predicted octanol–water partition coefficient (Wildman–Crippen LogP) is 2.78. The van der Waals surface area contributed by atoms with Crippen molar-refractivity contribution in [2.75, 3.05) is 13.7 Å². The van der Waals surface area contributed by atoms with E-state index in [4.69, 9.17) is 9.47 Å². The molecule has 0 saturated heterocycles. The molecule has 3 nitrogen and oxygen atoms in total. The molecule has 0 aliphatic heterocycles. The van der Waals surface area contributed by atoms with Gasteiger partial charge in [-0.15, -0.1) is 0 Å². The van der Waals surface area contributed by atoms with E-state index in [0.717, 1.165) is 25.7 Å². The van der Waals surface area contributed by atoms with Gasteiger partial charge in [-0.25, -0.2) is 0 Å². The maximum atomic E-state index is 12.2. The van der Waals surface area contributed by atoms with Crippen molar-refractivity contribution < 1.29 is 14.3 Å². The molecule has 1 rings (SSSR count). The van der Waals surface area contributed by atoms with E-state index in [1.54, 1.807) is 7.11 Å². The topological polar surface area (TPSA) is 35.5 Å². The van der Waals surface area contributed by atoms with Crippen molar-refractivity contribution >= 4 is 5.97 Å². The molecule has 0 spiro atoms. The largest absolute Gasteiger partial charge is 0.465 e. The van der Waals surface area contributed by atoms with Crippen LogP contribution in [-0.2, 0) is 14.3 Å². The average molecular weight is 228 g/mol. The van der Waals surface area contributed by atoms with Crippen molar-refractivity contribution in [3.05, 3.63) is 0 Å². The van der Waals surface area contributed by atoms with E-state index in [9.17, 15) is 4.79 Å². The minimum atomic E-state index is -0.390. The Labute approximate surface area is 98.5 Å². The smallest absolute Gasteiger partial charge is 0.314 e. The van der Waals surface area contributed by atoms with Gasteiger partial charge in [0.15, 0.2) is 0 Å². The Morgan fingerprint density at radius 2 is 2.19 bits per heavy atom. The number of ether oxygens (including phenoxy) is 2. The van der Waals surface area contributed by atoms with Crippen LogP contribution in [0.5, 0.6) is 0 Å². The molecule has 1 fully saturated rings. The molecule has 1 aliphatic rings. The van der Waals surface area contributed by atoms with Crippen molar-refractivity contribution in [3.63, 3.8) is 0 Å². The standard InChI is InChI=1S/C13H24O3/c1-5-16-12(14)13(9-10(2)3)8-6-7-11(13)15-4/h10-11H,5-9H2,1-4H3. The van der Waals surface area contributed by atoms with Crippen LogP contribution in [0.15, 0.2) is 0 Å². The zero-order valence-corrected chi connectivity index (χ0v) is 10.9. The van der Waals surface area contributed by atoms with E-state index in [1.807, 2.05) is 6.92 Å². The minimum absolute atomic E-state index is 0.0361. The van der Waals surface area contributed by atoms with E-state index in [0.29, 0.717) is 12.5 Å². The molecular formula is C13H24O3. The van der Waals surface area contributed by atoms with Crippen molar-refractivity contribution in [3.8, 4) is 0 Å². The van der Waals surface area contributed by atoms with E-state index in [-0.39, 0.29) is 17.5 Å². The summed E-state index contributed by atoms with van der Waals surface area (Å²) in [5.74, 6) is 0.424. The summed E-state index contributed by atoms with van der Waals surface area (Å²) in [6, 6.07) is 0. The highest BCUT2D eigenvalue weighted by Crippen LogP contribution is 2.45. The van der Waals surface area contributed by atoms with Crippen molar-refractivity contribution in [2.24, 2.45) is 11.3 Å². The first-order chi connectivity index (χ1) is 7.56. The lowest BCUT2D eigenvalue weighted by atomic mass is 9.77. The quantitative estimate of drug-likeness (QED) is 0.679. The number of methoxy groups -OCH3 is 1.